The van der Waals surface area contributed by atoms with Gasteiger partial charge in [0.1, 0.15) is 5.75 Å². The molecular formula is C18H23N3O3. The number of hydrogen-bond acceptors (Lipinski definition) is 4. The summed E-state index contributed by atoms with van der Waals surface area (Å²) in [4.78, 5) is 14.4. The van der Waals surface area contributed by atoms with E-state index in [1.165, 1.54) is 0 Å². The lowest BCUT2D eigenvalue weighted by Crippen LogP contribution is -2.41. The first kappa shape index (κ1) is 16.5. The summed E-state index contributed by atoms with van der Waals surface area (Å²) in [6, 6.07) is 9.39. The van der Waals surface area contributed by atoms with Crippen LogP contribution in [0.15, 0.2) is 36.5 Å². The molecule has 1 aliphatic heterocycles. The normalized spacial score (nSPS) is 16.8. The molecule has 6 heteroatoms. The largest absolute Gasteiger partial charge is 0.484 e. The summed E-state index contributed by atoms with van der Waals surface area (Å²) in [5.74, 6) is 0.793. The topological polar surface area (TPSA) is 56.6 Å². The van der Waals surface area contributed by atoms with Crippen LogP contribution < -0.4 is 4.74 Å². The maximum absolute atomic E-state index is 12.5. The molecule has 2 aromatic rings. The van der Waals surface area contributed by atoms with Gasteiger partial charge in [-0.05, 0) is 19.1 Å². The molecule has 0 unspecified atom stereocenters. The smallest absolute Gasteiger partial charge is 0.260 e. The molecule has 0 radical (unpaired) electrons. The Kier molecular flexibility index (Phi) is 5.15. The van der Waals surface area contributed by atoms with Gasteiger partial charge in [0.2, 0.25) is 0 Å². The Balaban J connectivity index is 1.66. The molecule has 0 N–H and O–H groups in total. The van der Waals surface area contributed by atoms with Gasteiger partial charge in [-0.1, -0.05) is 18.2 Å². The number of carbonyl (C=O) groups is 1. The number of carbonyl (C=O) groups excluding carboxylic acids is 1. The van der Waals surface area contributed by atoms with Crippen LogP contribution in [-0.2, 0) is 23.1 Å². The summed E-state index contributed by atoms with van der Waals surface area (Å²) in [6.07, 6.45) is 1.98. The molecule has 2 heterocycles. The Morgan fingerprint density at radius 3 is 2.88 bits per heavy atom. The fraction of sp³-hybridized carbons (Fsp3) is 0.444. The van der Waals surface area contributed by atoms with Gasteiger partial charge >= 0.3 is 0 Å². The van der Waals surface area contributed by atoms with Gasteiger partial charge in [0.05, 0.1) is 12.3 Å². The third-order valence-corrected chi connectivity index (χ3v) is 4.11. The van der Waals surface area contributed by atoms with Crippen molar-refractivity contribution in [2.45, 2.75) is 19.4 Å². The highest BCUT2D eigenvalue weighted by Crippen LogP contribution is 2.27. The summed E-state index contributed by atoms with van der Waals surface area (Å²) in [6.45, 7) is 4.43. The second kappa shape index (κ2) is 7.49. The van der Waals surface area contributed by atoms with Crippen LogP contribution in [0, 0.1) is 0 Å². The summed E-state index contributed by atoms with van der Waals surface area (Å²) in [5, 5.41) is 4.54. The Morgan fingerprint density at radius 1 is 1.33 bits per heavy atom. The predicted molar refractivity (Wildman–Crippen MR) is 89.8 cm³/mol. The first-order valence-electron chi connectivity index (χ1n) is 8.23. The van der Waals surface area contributed by atoms with Crippen molar-refractivity contribution in [3.8, 4) is 5.75 Å². The van der Waals surface area contributed by atoms with Gasteiger partial charge < -0.3 is 14.4 Å². The van der Waals surface area contributed by atoms with Crippen LogP contribution in [0.2, 0.25) is 0 Å². The number of benzene rings is 1. The van der Waals surface area contributed by atoms with Crippen molar-refractivity contribution in [1.82, 2.24) is 14.7 Å². The van der Waals surface area contributed by atoms with Crippen molar-refractivity contribution in [1.29, 1.82) is 0 Å². The van der Waals surface area contributed by atoms with Gasteiger partial charge in [0, 0.05) is 44.4 Å². The molecule has 6 nitrogen and oxygen atoms in total. The second-order valence-electron chi connectivity index (χ2n) is 5.95. The number of para-hydroxylation sites is 1. The van der Waals surface area contributed by atoms with Crippen LogP contribution in [0.4, 0.5) is 0 Å². The van der Waals surface area contributed by atoms with Crippen molar-refractivity contribution in [2.24, 2.45) is 7.05 Å². The van der Waals surface area contributed by atoms with E-state index in [1.807, 2.05) is 55.4 Å². The van der Waals surface area contributed by atoms with Crippen molar-refractivity contribution >= 4 is 5.91 Å². The number of rotatable bonds is 6. The SMILES string of the molecule is CCOC[C@@H]1CN(C(=O)COc2ccccc2)Cc2cn(C)nc21. The minimum atomic E-state index is -0.0187. The maximum atomic E-state index is 12.5. The fourth-order valence-electron chi connectivity index (χ4n) is 2.98. The van der Waals surface area contributed by atoms with Gasteiger partial charge in [-0.25, -0.2) is 0 Å². The van der Waals surface area contributed by atoms with Gasteiger partial charge in [-0.2, -0.15) is 5.10 Å². The highest BCUT2D eigenvalue weighted by Gasteiger charge is 2.31. The van der Waals surface area contributed by atoms with Crippen molar-refractivity contribution in [2.75, 3.05) is 26.4 Å². The van der Waals surface area contributed by atoms with E-state index < -0.39 is 0 Å². The minimum absolute atomic E-state index is 0.0187. The Labute approximate surface area is 142 Å². The molecule has 0 aliphatic carbocycles. The molecule has 0 spiro atoms. The van der Waals surface area contributed by atoms with E-state index in [9.17, 15) is 4.79 Å². The Bertz CT molecular complexity index is 684. The molecule has 0 fully saturated rings. The van der Waals surface area contributed by atoms with Crippen LogP contribution in [0.1, 0.15) is 24.1 Å². The van der Waals surface area contributed by atoms with Gasteiger partial charge in [0.25, 0.3) is 5.91 Å². The number of aromatic nitrogens is 2. The van der Waals surface area contributed by atoms with Crippen molar-refractivity contribution in [3.05, 3.63) is 47.8 Å². The molecule has 3 rings (SSSR count). The number of amides is 1. The zero-order valence-corrected chi connectivity index (χ0v) is 14.1. The molecule has 128 valence electrons. The maximum Gasteiger partial charge on any atom is 0.260 e. The van der Waals surface area contributed by atoms with E-state index in [0.717, 1.165) is 11.3 Å². The summed E-state index contributed by atoms with van der Waals surface area (Å²) < 4.78 is 13.0. The third-order valence-electron chi connectivity index (χ3n) is 4.11. The molecule has 0 saturated heterocycles. The lowest BCUT2D eigenvalue weighted by molar-refractivity contribution is -0.134. The minimum Gasteiger partial charge on any atom is -0.484 e. The van der Waals surface area contributed by atoms with E-state index in [0.29, 0.717) is 32.1 Å². The lowest BCUT2D eigenvalue weighted by Gasteiger charge is -2.31. The number of nitrogens with zero attached hydrogens (tertiary/aromatic N) is 3. The van der Waals surface area contributed by atoms with E-state index in [-0.39, 0.29) is 18.4 Å². The summed E-state index contributed by atoms with van der Waals surface area (Å²) >= 11 is 0. The van der Waals surface area contributed by atoms with Crippen LogP contribution >= 0.6 is 0 Å². The first-order valence-corrected chi connectivity index (χ1v) is 8.23. The van der Waals surface area contributed by atoms with Crippen molar-refractivity contribution in [3.63, 3.8) is 0 Å². The fourth-order valence-corrected chi connectivity index (χ4v) is 2.98. The molecule has 1 aromatic heterocycles. The Morgan fingerprint density at radius 2 is 2.12 bits per heavy atom. The average Bonchev–Trinajstić information content (AvgIpc) is 2.98. The number of hydrogen-bond donors (Lipinski definition) is 0. The molecule has 1 aromatic carbocycles. The molecule has 1 amide bonds. The molecule has 1 atom stereocenters. The number of ether oxygens (including phenoxy) is 2. The average molecular weight is 329 g/mol. The van der Waals surface area contributed by atoms with Crippen LogP contribution in [0.3, 0.4) is 0 Å². The van der Waals surface area contributed by atoms with Gasteiger partial charge in [0.15, 0.2) is 6.61 Å². The first-order chi connectivity index (χ1) is 11.7. The van der Waals surface area contributed by atoms with E-state index in [4.69, 9.17) is 9.47 Å². The van der Waals surface area contributed by atoms with Crippen LogP contribution in [-0.4, -0.2) is 47.0 Å². The highest BCUT2D eigenvalue weighted by atomic mass is 16.5. The molecule has 0 saturated carbocycles. The van der Waals surface area contributed by atoms with Gasteiger partial charge in [-0.15, -0.1) is 0 Å². The zero-order chi connectivity index (χ0) is 16.9. The van der Waals surface area contributed by atoms with Crippen LogP contribution in [0.25, 0.3) is 0 Å². The quantitative estimate of drug-likeness (QED) is 0.813. The monoisotopic (exact) mass is 329 g/mol. The Hall–Kier alpha value is -2.34. The molecular weight excluding hydrogens is 306 g/mol. The molecule has 0 bridgehead atoms. The number of fused-ring (bicyclic) bond motifs is 1. The second-order valence-corrected chi connectivity index (χ2v) is 5.95. The van der Waals surface area contributed by atoms with Gasteiger partial charge in [-0.3, -0.25) is 9.48 Å². The van der Waals surface area contributed by atoms with E-state index in [1.54, 1.807) is 4.68 Å². The summed E-state index contributed by atoms with van der Waals surface area (Å²) in [7, 11) is 1.90. The highest BCUT2D eigenvalue weighted by molar-refractivity contribution is 5.78. The van der Waals surface area contributed by atoms with E-state index >= 15 is 0 Å². The summed E-state index contributed by atoms with van der Waals surface area (Å²) in [5.41, 5.74) is 2.13. The standard InChI is InChI=1S/C18H23N3O3/c1-3-23-12-15-11-21(10-14-9-20(2)19-18(14)15)17(22)13-24-16-7-5-4-6-8-16/h4-9,15H,3,10-13H2,1-2H3/t15-/m0/s1. The number of aryl methyl sites for hydroxylation is 1. The molecule has 1 aliphatic rings. The lowest BCUT2D eigenvalue weighted by atomic mass is 9.97. The molecule has 24 heavy (non-hydrogen) atoms. The van der Waals surface area contributed by atoms with Crippen LogP contribution in [0.5, 0.6) is 5.75 Å². The predicted octanol–water partition coefficient (Wildman–Crippen LogP) is 1.96. The third kappa shape index (κ3) is 3.76. The zero-order valence-electron chi connectivity index (χ0n) is 14.1. The van der Waals surface area contributed by atoms with Crippen molar-refractivity contribution < 1.29 is 14.3 Å². The van der Waals surface area contributed by atoms with E-state index in [2.05, 4.69) is 5.10 Å².